The lowest BCUT2D eigenvalue weighted by Gasteiger charge is -2.05. The molecule has 2 aromatic rings. The van der Waals surface area contributed by atoms with Crippen LogP contribution < -0.4 is 4.74 Å². The molecule has 1 aromatic heterocycles. The van der Waals surface area contributed by atoms with Gasteiger partial charge in [-0.05, 0) is 47.7 Å². The molecule has 0 saturated carbocycles. The van der Waals surface area contributed by atoms with Gasteiger partial charge in [0, 0.05) is 26.7 Å². The fourth-order valence-corrected chi connectivity index (χ4v) is 1.99. The van der Waals surface area contributed by atoms with E-state index >= 15 is 0 Å². The number of halogens is 1. The van der Waals surface area contributed by atoms with Crippen molar-refractivity contribution in [3.8, 4) is 5.75 Å². The van der Waals surface area contributed by atoms with Crippen LogP contribution in [-0.4, -0.2) is 11.6 Å². The lowest BCUT2D eigenvalue weighted by atomic mass is 10.2. The number of pyridine rings is 1. The minimum Gasteiger partial charge on any atom is -0.494 e. The molecule has 0 spiro atoms. The summed E-state index contributed by atoms with van der Waals surface area (Å²) in [6.45, 7) is 2.69. The highest BCUT2D eigenvalue weighted by atomic mass is 127. The summed E-state index contributed by atoms with van der Waals surface area (Å²) in [6, 6.07) is 6.07. The van der Waals surface area contributed by atoms with Gasteiger partial charge in [-0.2, -0.15) is 0 Å². The van der Waals surface area contributed by atoms with Crippen LogP contribution in [0.4, 0.5) is 0 Å². The molecule has 72 valence electrons. The molecule has 0 bridgehead atoms. The summed E-state index contributed by atoms with van der Waals surface area (Å²) >= 11 is 2.29. The maximum absolute atomic E-state index is 5.45. The summed E-state index contributed by atoms with van der Waals surface area (Å²) in [4.78, 5) is 4.14. The van der Waals surface area contributed by atoms with E-state index in [1.54, 1.807) is 0 Å². The highest BCUT2D eigenvalue weighted by molar-refractivity contribution is 14.1. The van der Waals surface area contributed by atoms with Crippen molar-refractivity contribution in [2.24, 2.45) is 0 Å². The molecule has 1 aromatic carbocycles. The number of ether oxygens (including phenoxy) is 1. The summed E-state index contributed by atoms with van der Waals surface area (Å²) in [6.07, 6.45) is 3.73. The topological polar surface area (TPSA) is 22.1 Å². The predicted octanol–water partition coefficient (Wildman–Crippen LogP) is 3.24. The van der Waals surface area contributed by atoms with Crippen molar-refractivity contribution < 1.29 is 4.74 Å². The zero-order valence-corrected chi connectivity index (χ0v) is 9.98. The molecule has 0 amide bonds. The largest absolute Gasteiger partial charge is 0.494 e. The van der Waals surface area contributed by atoms with Gasteiger partial charge < -0.3 is 4.74 Å². The Morgan fingerprint density at radius 3 is 3.00 bits per heavy atom. The molecular formula is C11H10INO. The van der Waals surface area contributed by atoms with E-state index in [0.29, 0.717) is 6.61 Å². The van der Waals surface area contributed by atoms with Gasteiger partial charge in [-0.15, -0.1) is 0 Å². The van der Waals surface area contributed by atoms with Gasteiger partial charge in [-0.25, -0.2) is 0 Å². The maximum Gasteiger partial charge on any atom is 0.119 e. The Labute approximate surface area is 96.4 Å². The van der Waals surface area contributed by atoms with E-state index in [2.05, 4.69) is 33.6 Å². The highest BCUT2D eigenvalue weighted by Gasteiger charge is 2.00. The van der Waals surface area contributed by atoms with E-state index in [1.165, 1.54) is 5.39 Å². The van der Waals surface area contributed by atoms with Crippen molar-refractivity contribution in [1.82, 2.24) is 4.98 Å². The zero-order chi connectivity index (χ0) is 9.97. The van der Waals surface area contributed by atoms with Gasteiger partial charge in [0.2, 0.25) is 0 Å². The van der Waals surface area contributed by atoms with Crippen LogP contribution in [0.1, 0.15) is 6.92 Å². The van der Waals surface area contributed by atoms with Crippen LogP contribution in [0.25, 0.3) is 10.8 Å². The van der Waals surface area contributed by atoms with E-state index in [0.717, 1.165) is 14.7 Å². The predicted molar refractivity (Wildman–Crippen MR) is 65.6 cm³/mol. The van der Waals surface area contributed by atoms with Crippen molar-refractivity contribution in [1.29, 1.82) is 0 Å². The molecule has 14 heavy (non-hydrogen) atoms. The van der Waals surface area contributed by atoms with Crippen LogP contribution in [0.2, 0.25) is 0 Å². The number of nitrogens with zero attached hydrogens (tertiary/aromatic N) is 1. The molecule has 0 unspecified atom stereocenters. The van der Waals surface area contributed by atoms with E-state index < -0.39 is 0 Å². The monoisotopic (exact) mass is 299 g/mol. The van der Waals surface area contributed by atoms with E-state index in [-0.39, 0.29) is 0 Å². The standard InChI is InChI=1S/C11H10INO/c1-2-14-9-4-3-8-6-13-7-11(12)10(8)5-9/h3-7H,2H2,1H3. The Balaban J connectivity index is 2.58. The molecule has 1 heterocycles. The van der Waals surface area contributed by atoms with Gasteiger partial charge in [0.25, 0.3) is 0 Å². The second-order valence-corrected chi connectivity index (χ2v) is 4.10. The number of hydrogen-bond acceptors (Lipinski definition) is 2. The normalized spacial score (nSPS) is 10.4. The molecule has 0 N–H and O–H groups in total. The number of fused-ring (bicyclic) bond motifs is 1. The summed E-state index contributed by atoms with van der Waals surface area (Å²) in [5.41, 5.74) is 0. The molecular weight excluding hydrogens is 289 g/mol. The van der Waals surface area contributed by atoms with Crippen molar-refractivity contribution >= 4 is 33.4 Å². The van der Waals surface area contributed by atoms with Crippen molar-refractivity contribution in [2.45, 2.75) is 6.92 Å². The molecule has 0 saturated heterocycles. The Kier molecular flexibility index (Phi) is 2.86. The first kappa shape index (κ1) is 9.71. The summed E-state index contributed by atoms with van der Waals surface area (Å²) in [5.74, 6) is 0.920. The molecule has 2 nitrogen and oxygen atoms in total. The smallest absolute Gasteiger partial charge is 0.119 e. The first-order valence-electron chi connectivity index (χ1n) is 4.47. The average Bonchev–Trinajstić information content (AvgIpc) is 2.20. The van der Waals surface area contributed by atoms with Gasteiger partial charge in [0.15, 0.2) is 0 Å². The summed E-state index contributed by atoms with van der Waals surface area (Å²) in [5, 5.41) is 2.35. The third kappa shape index (κ3) is 1.82. The van der Waals surface area contributed by atoms with Crippen LogP contribution in [0, 0.1) is 3.57 Å². The number of aromatic nitrogens is 1. The quantitative estimate of drug-likeness (QED) is 0.794. The van der Waals surface area contributed by atoms with Gasteiger partial charge in [0.1, 0.15) is 5.75 Å². The van der Waals surface area contributed by atoms with Gasteiger partial charge in [0.05, 0.1) is 6.61 Å². The van der Waals surface area contributed by atoms with Crippen molar-refractivity contribution in [3.05, 3.63) is 34.2 Å². The SMILES string of the molecule is CCOc1ccc2cncc(I)c2c1. The van der Waals surface area contributed by atoms with Crippen LogP contribution in [0.15, 0.2) is 30.6 Å². The molecule has 0 radical (unpaired) electrons. The van der Waals surface area contributed by atoms with Crippen LogP contribution in [-0.2, 0) is 0 Å². The Hall–Kier alpha value is -0.840. The second kappa shape index (κ2) is 4.13. The van der Waals surface area contributed by atoms with E-state index in [9.17, 15) is 0 Å². The highest BCUT2D eigenvalue weighted by Crippen LogP contribution is 2.24. The third-order valence-corrected chi connectivity index (χ3v) is 2.85. The van der Waals surface area contributed by atoms with Crippen LogP contribution >= 0.6 is 22.6 Å². The van der Waals surface area contributed by atoms with Crippen molar-refractivity contribution in [2.75, 3.05) is 6.61 Å². The average molecular weight is 299 g/mol. The molecule has 2 rings (SSSR count). The fourth-order valence-electron chi connectivity index (χ4n) is 1.36. The zero-order valence-electron chi connectivity index (χ0n) is 7.83. The van der Waals surface area contributed by atoms with Crippen molar-refractivity contribution in [3.63, 3.8) is 0 Å². The Morgan fingerprint density at radius 1 is 1.36 bits per heavy atom. The minimum atomic E-state index is 0.702. The summed E-state index contributed by atoms with van der Waals surface area (Å²) in [7, 11) is 0. The lowest BCUT2D eigenvalue weighted by molar-refractivity contribution is 0.340. The number of hydrogen-bond donors (Lipinski definition) is 0. The van der Waals surface area contributed by atoms with Gasteiger partial charge in [-0.1, -0.05) is 0 Å². The molecule has 3 heteroatoms. The second-order valence-electron chi connectivity index (χ2n) is 2.94. The van der Waals surface area contributed by atoms with E-state index in [1.807, 2.05) is 31.5 Å². The molecule has 0 aliphatic carbocycles. The first-order chi connectivity index (χ1) is 6.81. The third-order valence-electron chi connectivity index (χ3n) is 1.99. The first-order valence-corrected chi connectivity index (χ1v) is 5.55. The maximum atomic E-state index is 5.45. The fraction of sp³-hybridized carbons (Fsp3) is 0.182. The number of benzene rings is 1. The van der Waals surface area contributed by atoms with E-state index in [4.69, 9.17) is 4.74 Å². The Morgan fingerprint density at radius 2 is 2.21 bits per heavy atom. The van der Waals surface area contributed by atoms with Gasteiger partial charge in [-0.3, -0.25) is 4.98 Å². The van der Waals surface area contributed by atoms with Crippen LogP contribution in [0.5, 0.6) is 5.75 Å². The molecule has 0 aliphatic rings. The lowest BCUT2D eigenvalue weighted by Crippen LogP contribution is -1.91. The summed E-state index contributed by atoms with van der Waals surface area (Å²) < 4.78 is 6.60. The van der Waals surface area contributed by atoms with Crippen LogP contribution in [0.3, 0.4) is 0 Å². The molecule has 0 fully saturated rings. The Bertz CT molecular complexity index is 456. The molecule has 0 atom stereocenters. The minimum absolute atomic E-state index is 0.702. The molecule has 0 aliphatic heterocycles. The number of rotatable bonds is 2. The van der Waals surface area contributed by atoms with Gasteiger partial charge >= 0.3 is 0 Å².